The fraction of sp³-hybridized carbons (Fsp3) is 0.562. The monoisotopic (exact) mass is 338 g/mol. The Morgan fingerprint density at radius 3 is 2.90 bits per heavy atom. The Morgan fingerprint density at radius 2 is 2.30 bits per heavy atom. The molecule has 1 aromatic carbocycles. The van der Waals surface area contributed by atoms with Gasteiger partial charge in [-0.3, -0.25) is 4.79 Å². The molecule has 110 valence electrons. The Bertz CT molecular complexity index is 470. The van der Waals surface area contributed by atoms with Crippen LogP contribution >= 0.6 is 15.9 Å². The molecule has 1 heterocycles. The van der Waals surface area contributed by atoms with Gasteiger partial charge in [-0.2, -0.15) is 0 Å². The molecule has 1 amide bonds. The zero-order valence-corrected chi connectivity index (χ0v) is 13.9. The lowest BCUT2D eigenvalue weighted by Gasteiger charge is -2.30. The molecule has 4 heteroatoms. The van der Waals surface area contributed by atoms with Crippen LogP contribution in [0, 0.1) is 12.8 Å². The van der Waals surface area contributed by atoms with Crippen LogP contribution in [0.2, 0.25) is 0 Å². The highest BCUT2D eigenvalue weighted by molar-refractivity contribution is 9.10. The first-order chi connectivity index (χ1) is 9.61. The molecule has 0 bridgehead atoms. The maximum atomic E-state index is 12.7. The van der Waals surface area contributed by atoms with Crippen molar-refractivity contribution in [2.24, 2.45) is 5.92 Å². The van der Waals surface area contributed by atoms with Crippen molar-refractivity contribution in [1.82, 2.24) is 10.2 Å². The van der Waals surface area contributed by atoms with Crippen molar-refractivity contribution >= 4 is 21.8 Å². The van der Waals surface area contributed by atoms with E-state index in [1.54, 1.807) is 0 Å². The summed E-state index contributed by atoms with van der Waals surface area (Å²) in [6.45, 7) is 7.82. The Labute approximate surface area is 129 Å². The van der Waals surface area contributed by atoms with Gasteiger partial charge >= 0.3 is 0 Å². The predicted octanol–water partition coefficient (Wildman–Crippen LogP) is 3.22. The molecular weight excluding hydrogens is 316 g/mol. The fourth-order valence-electron chi connectivity index (χ4n) is 2.78. The first-order valence-corrected chi connectivity index (χ1v) is 8.17. The number of aryl methyl sites for hydroxylation is 1. The summed E-state index contributed by atoms with van der Waals surface area (Å²) in [5.41, 5.74) is 1.85. The van der Waals surface area contributed by atoms with Crippen molar-refractivity contribution < 1.29 is 4.79 Å². The summed E-state index contributed by atoms with van der Waals surface area (Å²) < 4.78 is 1.02. The average Bonchev–Trinajstić information content (AvgIpc) is 2.45. The molecule has 2 rings (SSSR count). The van der Waals surface area contributed by atoms with E-state index < -0.39 is 0 Å². The molecular formula is C16H23BrN2O. The predicted molar refractivity (Wildman–Crippen MR) is 86.1 cm³/mol. The summed E-state index contributed by atoms with van der Waals surface area (Å²) in [4.78, 5) is 14.7. The standard InChI is InChI=1S/C16H23BrN2O/c1-3-19(11-13-5-4-8-18-10-13)16(20)15-7-6-14(17)9-12(15)2/h6-7,9,13,18H,3-5,8,10-11H2,1-2H3. The van der Waals surface area contributed by atoms with E-state index in [1.807, 2.05) is 30.0 Å². The molecule has 0 aliphatic carbocycles. The van der Waals surface area contributed by atoms with E-state index in [0.717, 1.165) is 41.8 Å². The van der Waals surface area contributed by atoms with Crippen LogP contribution in [-0.4, -0.2) is 37.0 Å². The van der Waals surface area contributed by atoms with E-state index in [1.165, 1.54) is 12.8 Å². The van der Waals surface area contributed by atoms with Gasteiger partial charge in [-0.25, -0.2) is 0 Å². The molecule has 1 saturated heterocycles. The Kier molecular flexibility index (Phi) is 5.61. The van der Waals surface area contributed by atoms with E-state index in [2.05, 4.69) is 28.2 Å². The lowest BCUT2D eigenvalue weighted by molar-refractivity contribution is 0.0728. The highest BCUT2D eigenvalue weighted by Crippen LogP contribution is 2.19. The summed E-state index contributed by atoms with van der Waals surface area (Å²) in [6.07, 6.45) is 2.43. The third kappa shape index (κ3) is 3.83. The Hall–Kier alpha value is -0.870. The minimum atomic E-state index is 0.156. The van der Waals surface area contributed by atoms with Gasteiger partial charge in [-0.05, 0) is 69.5 Å². The molecule has 20 heavy (non-hydrogen) atoms. The van der Waals surface area contributed by atoms with Crippen molar-refractivity contribution in [3.8, 4) is 0 Å². The first-order valence-electron chi connectivity index (χ1n) is 7.38. The van der Waals surface area contributed by atoms with Crippen molar-refractivity contribution in [3.63, 3.8) is 0 Å². The number of rotatable bonds is 4. The molecule has 1 aromatic rings. The van der Waals surface area contributed by atoms with Crippen LogP contribution < -0.4 is 5.32 Å². The second kappa shape index (κ2) is 7.23. The largest absolute Gasteiger partial charge is 0.339 e. The molecule has 0 radical (unpaired) electrons. The van der Waals surface area contributed by atoms with E-state index in [0.29, 0.717) is 5.92 Å². The number of amides is 1. The molecule has 1 fully saturated rings. The van der Waals surface area contributed by atoms with Crippen LogP contribution in [0.1, 0.15) is 35.7 Å². The molecule has 0 spiro atoms. The van der Waals surface area contributed by atoms with E-state index in [-0.39, 0.29) is 5.91 Å². The van der Waals surface area contributed by atoms with Crippen molar-refractivity contribution in [3.05, 3.63) is 33.8 Å². The minimum Gasteiger partial charge on any atom is -0.339 e. The Morgan fingerprint density at radius 1 is 1.50 bits per heavy atom. The molecule has 1 N–H and O–H groups in total. The first kappa shape index (κ1) is 15.5. The third-order valence-corrected chi connectivity index (χ3v) is 4.46. The molecule has 1 aliphatic rings. The number of hydrogen-bond acceptors (Lipinski definition) is 2. The van der Waals surface area contributed by atoms with Gasteiger partial charge in [0.05, 0.1) is 0 Å². The summed E-state index contributed by atoms with van der Waals surface area (Å²) in [6, 6.07) is 5.86. The van der Waals surface area contributed by atoms with Crippen LogP contribution in [0.4, 0.5) is 0 Å². The normalized spacial score (nSPS) is 18.9. The molecule has 1 unspecified atom stereocenters. The smallest absolute Gasteiger partial charge is 0.254 e. The Balaban J connectivity index is 2.07. The average molecular weight is 339 g/mol. The zero-order chi connectivity index (χ0) is 14.5. The molecule has 0 aromatic heterocycles. The number of piperidine rings is 1. The number of carbonyl (C=O) groups is 1. The topological polar surface area (TPSA) is 32.3 Å². The number of hydrogen-bond donors (Lipinski definition) is 1. The molecule has 3 nitrogen and oxygen atoms in total. The van der Waals surface area contributed by atoms with Gasteiger partial charge in [-0.1, -0.05) is 15.9 Å². The minimum absolute atomic E-state index is 0.156. The number of halogens is 1. The van der Waals surface area contributed by atoms with Crippen LogP contribution in [0.3, 0.4) is 0 Å². The molecule has 0 saturated carbocycles. The van der Waals surface area contributed by atoms with Crippen molar-refractivity contribution in [2.75, 3.05) is 26.2 Å². The van der Waals surface area contributed by atoms with E-state index in [9.17, 15) is 4.79 Å². The van der Waals surface area contributed by atoms with E-state index in [4.69, 9.17) is 0 Å². The van der Waals surface area contributed by atoms with Crippen LogP contribution in [-0.2, 0) is 0 Å². The molecule has 1 aliphatic heterocycles. The van der Waals surface area contributed by atoms with Crippen molar-refractivity contribution in [1.29, 1.82) is 0 Å². The van der Waals surface area contributed by atoms with Gasteiger partial charge in [0.15, 0.2) is 0 Å². The number of carbonyl (C=O) groups excluding carboxylic acids is 1. The quantitative estimate of drug-likeness (QED) is 0.914. The fourth-order valence-corrected chi connectivity index (χ4v) is 3.26. The lowest BCUT2D eigenvalue weighted by Crippen LogP contribution is -2.41. The zero-order valence-electron chi connectivity index (χ0n) is 12.3. The van der Waals surface area contributed by atoms with Gasteiger partial charge in [-0.15, -0.1) is 0 Å². The highest BCUT2D eigenvalue weighted by Gasteiger charge is 2.21. The number of nitrogens with zero attached hydrogens (tertiary/aromatic N) is 1. The lowest BCUT2D eigenvalue weighted by atomic mass is 9.98. The SMILES string of the molecule is CCN(CC1CCCNC1)C(=O)c1ccc(Br)cc1C. The van der Waals surface area contributed by atoms with Gasteiger partial charge in [0.1, 0.15) is 0 Å². The van der Waals surface area contributed by atoms with E-state index >= 15 is 0 Å². The summed E-state index contributed by atoms with van der Waals surface area (Å²) in [5.74, 6) is 0.742. The summed E-state index contributed by atoms with van der Waals surface area (Å²) in [5, 5.41) is 3.42. The number of nitrogens with one attached hydrogen (secondary N) is 1. The van der Waals surface area contributed by atoms with Gasteiger partial charge in [0, 0.05) is 23.1 Å². The maximum Gasteiger partial charge on any atom is 0.254 e. The van der Waals surface area contributed by atoms with Crippen LogP contribution in [0.25, 0.3) is 0 Å². The van der Waals surface area contributed by atoms with Gasteiger partial charge in [0.25, 0.3) is 5.91 Å². The molecule has 1 atom stereocenters. The van der Waals surface area contributed by atoms with Gasteiger partial charge < -0.3 is 10.2 Å². The third-order valence-electron chi connectivity index (χ3n) is 3.97. The highest BCUT2D eigenvalue weighted by atomic mass is 79.9. The van der Waals surface area contributed by atoms with Gasteiger partial charge in [0.2, 0.25) is 0 Å². The van der Waals surface area contributed by atoms with Crippen molar-refractivity contribution in [2.45, 2.75) is 26.7 Å². The van der Waals surface area contributed by atoms with Crippen LogP contribution in [0.5, 0.6) is 0 Å². The summed E-state index contributed by atoms with van der Waals surface area (Å²) >= 11 is 3.45. The second-order valence-electron chi connectivity index (χ2n) is 5.52. The second-order valence-corrected chi connectivity index (χ2v) is 6.43. The summed E-state index contributed by atoms with van der Waals surface area (Å²) in [7, 11) is 0. The van der Waals surface area contributed by atoms with Crippen LogP contribution in [0.15, 0.2) is 22.7 Å². The maximum absolute atomic E-state index is 12.7. The number of benzene rings is 1.